The van der Waals surface area contributed by atoms with Crippen LogP contribution >= 0.6 is 15.9 Å². The highest BCUT2D eigenvalue weighted by Gasteiger charge is 2.28. The number of hydrogen-bond donors (Lipinski definition) is 3. The van der Waals surface area contributed by atoms with E-state index in [0.29, 0.717) is 11.3 Å². The van der Waals surface area contributed by atoms with E-state index < -0.39 is 0 Å². The van der Waals surface area contributed by atoms with Crippen molar-refractivity contribution < 1.29 is 4.79 Å². The van der Waals surface area contributed by atoms with E-state index in [4.69, 9.17) is 5.73 Å². The number of nitrogens with two attached hydrogens (primary N) is 1. The molecule has 0 unspecified atom stereocenters. The van der Waals surface area contributed by atoms with Gasteiger partial charge in [-0.2, -0.15) is 0 Å². The second-order valence-corrected chi connectivity index (χ2v) is 9.91. The first-order chi connectivity index (χ1) is 17.5. The van der Waals surface area contributed by atoms with Gasteiger partial charge in [-0.25, -0.2) is 0 Å². The van der Waals surface area contributed by atoms with Crippen LogP contribution in [-0.4, -0.2) is 17.9 Å². The van der Waals surface area contributed by atoms with Crippen molar-refractivity contribution in [2.24, 2.45) is 0 Å². The van der Waals surface area contributed by atoms with Crippen molar-refractivity contribution in [1.29, 1.82) is 0 Å². The maximum absolute atomic E-state index is 13.0. The van der Waals surface area contributed by atoms with Crippen LogP contribution in [-0.2, 0) is 17.9 Å². The molecule has 0 aliphatic carbocycles. The zero-order valence-corrected chi connectivity index (χ0v) is 21.5. The summed E-state index contributed by atoms with van der Waals surface area (Å²) in [5.41, 5.74) is 13.9. The zero-order chi connectivity index (χ0) is 25.1. The lowest BCUT2D eigenvalue weighted by Crippen LogP contribution is -2.17. The molecule has 1 aliphatic rings. The Kier molecular flexibility index (Phi) is 6.89. The molecule has 0 saturated carbocycles. The molecule has 5 nitrogen and oxygen atoms in total. The van der Waals surface area contributed by atoms with Crippen LogP contribution in [0.3, 0.4) is 0 Å². The quantitative estimate of drug-likeness (QED) is 0.183. The largest absolute Gasteiger partial charge is 0.399 e. The van der Waals surface area contributed by atoms with Gasteiger partial charge in [-0.1, -0.05) is 70.5 Å². The summed E-state index contributed by atoms with van der Waals surface area (Å²) in [6.07, 6.45) is 0. The van der Waals surface area contributed by atoms with Gasteiger partial charge in [0.1, 0.15) is 0 Å². The van der Waals surface area contributed by atoms with Crippen molar-refractivity contribution in [2.45, 2.75) is 13.1 Å². The molecule has 0 bridgehead atoms. The van der Waals surface area contributed by atoms with Crippen LogP contribution < -0.4 is 16.4 Å². The number of benzene rings is 4. The molecule has 5 rings (SSSR count). The number of halogens is 1. The van der Waals surface area contributed by atoms with Crippen LogP contribution in [0.15, 0.2) is 102 Å². The van der Waals surface area contributed by atoms with Gasteiger partial charge in [0.15, 0.2) is 0 Å². The average molecular weight is 539 g/mol. The molecule has 0 aromatic heterocycles. The van der Waals surface area contributed by atoms with Gasteiger partial charge in [0.2, 0.25) is 0 Å². The number of anilines is 3. The number of fused-ring (bicyclic) bond motifs is 1. The molecule has 4 aromatic rings. The number of hydrogen-bond acceptors (Lipinski definition) is 4. The summed E-state index contributed by atoms with van der Waals surface area (Å²) >= 11 is 3.49. The number of amides is 1. The lowest BCUT2D eigenvalue weighted by atomic mass is 9.99. The third-order valence-corrected chi connectivity index (χ3v) is 6.67. The molecular weight excluding hydrogens is 512 g/mol. The molecule has 6 heteroatoms. The fourth-order valence-electron chi connectivity index (χ4n) is 4.42. The molecule has 180 valence electrons. The highest BCUT2D eigenvalue weighted by atomic mass is 79.9. The number of rotatable bonds is 7. The Balaban J connectivity index is 1.39. The Morgan fingerprint density at radius 2 is 1.53 bits per heavy atom. The lowest BCUT2D eigenvalue weighted by molar-refractivity contribution is -0.110. The third-order valence-electron chi connectivity index (χ3n) is 6.14. The fourth-order valence-corrected chi connectivity index (χ4v) is 4.69. The number of nitrogen functional groups attached to an aromatic ring is 1. The van der Waals surface area contributed by atoms with Gasteiger partial charge in [-0.05, 0) is 66.2 Å². The minimum Gasteiger partial charge on any atom is -0.399 e. The fraction of sp³-hybridized carbons (Fsp3) is 0.100. The Labute approximate surface area is 219 Å². The second kappa shape index (κ2) is 10.4. The standard InChI is InChI=1S/C30H27BrN4O/c1-35(18-20-7-11-23(31)12-8-20)19-21-9-14-25(15-10-21)33-29(22-5-3-2-4-6-22)28-26-17-24(32)13-16-27(26)34-30(28)36/h2-17,33H,18-19,32H2,1H3,(H,34,36)/b29-28-. The van der Waals surface area contributed by atoms with Gasteiger partial charge in [0.25, 0.3) is 5.91 Å². The number of nitrogens with zero attached hydrogens (tertiary/aromatic N) is 1. The lowest BCUT2D eigenvalue weighted by Gasteiger charge is -2.18. The van der Waals surface area contributed by atoms with E-state index in [-0.39, 0.29) is 5.91 Å². The first-order valence-corrected chi connectivity index (χ1v) is 12.6. The number of carbonyl (C=O) groups is 1. The molecule has 0 saturated heterocycles. The minimum absolute atomic E-state index is 0.145. The Bertz CT molecular complexity index is 1410. The van der Waals surface area contributed by atoms with Gasteiger partial charge < -0.3 is 16.4 Å². The van der Waals surface area contributed by atoms with Crippen molar-refractivity contribution in [3.63, 3.8) is 0 Å². The maximum Gasteiger partial charge on any atom is 0.258 e. The van der Waals surface area contributed by atoms with Crippen molar-refractivity contribution in [2.75, 3.05) is 23.4 Å². The highest BCUT2D eigenvalue weighted by Crippen LogP contribution is 2.38. The summed E-state index contributed by atoms with van der Waals surface area (Å²) in [4.78, 5) is 15.3. The second-order valence-electron chi connectivity index (χ2n) is 9.00. The molecule has 1 aliphatic heterocycles. The van der Waals surface area contributed by atoms with Crippen LogP contribution in [0.2, 0.25) is 0 Å². The number of carbonyl (C=O) groups excluding carboxylic acids is 1. The predicted molar refractivity (Wildman–Crippen MR) is 152 cm³/mol. The summed E-state index contributed by atoms with van der Waals surface area (Å²) in [5.74, 6) is -0.145. The van der Waals surface area contributed by atoms with Gasteiger partial charge in [0.05, 0.1) is 11.3 Å². The maximum atomic E-state index is 13.0. The van der Waals surface area contributed by atoms with E-state index in [2.05, 4.69) is 87.0 Å². The van der Waals surface area contributed by atoms with Crippen molar-refractivity contribution in [3.8, 4) is 0 Å². The van der Waals surface area contributed by atoms with Gasteiger partial charge in [0, 0.05) is 40.2 Å². The van der Waals surface area contributed by atoms with Crippen molar-refractivity contribution in [3.05, 3.63) is 124 Å². The van der Waals surface area contributed by atoms with E-state index in [0.717, 1.165) is 45.8 Å². The molecule has 0 radical (unpaired) electrons. The third kappa shape index (κ3) is 5.35. The Morgan fingerprint density at radius 1 is 0.889 bits per heavy atom. The molecule has 1 heterocycles. The molecule has 36 heavy (non-hydrogen) atoms. The summed E-state index contributed by atoms with van der Waals surface area (Å²) in [7, 11) is 2.12. The Morgan fingerprint density at radius 3 is 2.19 bits per heavy atom. The zero-order valence-electron chi connectivity index (χ0n) is 20.0. The van der Waals surface area contributed by atoms with Gasteiger partial charge >= 0.3 is 0 Å². The van der Waals surface area contributed by atoms with Crippen LogP contribution in [0, 0.1) is 0 Å². The van der Waals surface area contributed by atoms with E-state index in [9.17, 15) is 4.79 Å². The number of nitrogens with one attached hydrogen (secondary N) is 2. The summed E-state index contributed by atoms with van der Waals surface area (Å²) in [6.45, 7) is 1.70. The van der Waals surface area contributed by atoms with E-state index in [1.165, 1.54) is 11.1 Å². The topological polar surface area (TPSA) is 70.4 Å². The smallest absolute Gasteiger partial charge is 0.258 e. The average Bonchev–Trinajstić information content (AvgIpc) is 3.20. The summed E-state index contributed by atoms with van der Waals surface area (Å²) in [6, 6.07) is 32.1. The Hall–Kier alpha value is -3.87. The van der Waals surface area contributed by atoms with Gasteiger partial charge in [-0.15, -0.1) is 0 Å². The van der Waals surface area contributed by atoms with Crippen LogP contribution in [0.5, 0.6) is 0 Å². The van der Waals surface area contributed by atoms with E-state index >= 15 is 0 Å². The van der Waals surface area contributed by atoms with Gasteiger partial charge in [-0.3, -0.25) is 9.69 Å². The monoisotopic (exact) mass is 538 g/mol. The van der Waals surface area contributed by atoms with E-state index in [1.54, 1.807) is 6.07 Å². The summed E-state index contributed by atoms with van der Waals surface area (Å²) < 4.78 is 1.09. The molecule has 0 atom stereocenters. The molecule has 4 N–H and O–H groups in total. The molecule has 0 fully saturated rings. The van der Waals surface area contributed by atoms with Crippen molar-refractivity contribution in [1.82, 2.24) is 4.90 Å². The van der Waals surface area contributed by atoms with Crippen LogP contribution in [0.25, 0.3) is 11.3 Å². The minimum atomic E-state index is -0.145. The molecule has 1 amide bonds. The SMILES string of the molecule is CN(Cc1ccc(Br)cc1)Cc1ccc(N/C(=C2\C(=O)Nc3ccc(N)cc32)c2ccccc2)cc1. The molecule has 0 spiro atoms. The first kappa shape index (κ1) is 23.9. The van der Waals surface area contributed by atoms with E-state index in [1.807, 2.05) is 42.5 Å². The van der Waals surface area contributed by atoms with Crippen LogP contribution in [0.1, 0.15) is 22.3 Å². The summed E-state index contributed by atoms with van der Waals surface area (Å²) in [5, 5.41) is 6.48. The molecular formula is C30H27BrN4O. The molecule has 4 aromatic carbocycles. The highest BCUT2D eigenvalue weighted by molar-refractivity contribution is 9.10. The van der Waals surface area contributed by atoms with Crippen LogP contribution in [0.4, 0.5) is 17.1 Å². The van der Waals surface area contributed by atoms with Crippen molar-refractivity contribution >= 4 is 50.2 Å². The predicted octanol–water partition coefficient (Wildman–Crippen LogP) is 6.60. The normalized spacial score (nSPS) is 13.9. The first-order valence-electron chi connectivity index (χ1n) is 11.8.